The van der Waals surface area contributed by atoms with Gasteiger partial charge in [-0.3, -0.25) is 4.72 Å². The van der Waals surface area contributed by atoms with Gasteiger partial charge in [-0.25, -0.2) is 13.4 Å². The van der Waals surface area contributed by atoms with E-state index in [-0.39, 0.29) is 5.75 Å². The Hall–Kier alpha value is -2.08. The molecule has 0 spiro atoms. The molecule has 1 N–H and O–H groups in total. The highest BCUT2D eigenvalue weighted by atomic mass is 32.2. The molecular weight excluding hydrogens is 298 g/mol. The van der Waals surface area contributed by atoms with Gasteiger partial charge in [0.05, 0.1) is 17.6 Å². The molecule has 0 unspecified atom stereocenters. The van der Waals surface area contributed by atoms with Gasteiger partial charge in [-0.2, -0.15) is 0 Å². The van der Waals surface area contributed by atoms with Crippen molar-refractivity contribution in [1.29, 1.82) is 0 Å². The van der Waals surface area contributed by atoms with Crippen LogP contribution in [0.4, 0.5) is 17.2 Å². The fourth-order valence-corrected chi connectivity index (χ4v) is 3.20. The minimum atomic E-state index is -3.31. The van der Waals surface area contributed by atoms with Crippen LogP contribution in [-0.2, 0) is 10.0 Å². The molecule has 1 aromatic heterocycles. The fourth-order valence-electron chi connectivity index (χ4n) is 1.99. The van der Waals surface area contributed by atoms with E-state index in [1.165, 1.54) is 0 Å². The van der Waals surface area contributed by atoms with Gasteiger partial charge in [0.2, 0.25) is 10.0 Å². The van der Waals surface area contributed by atoms with E-state index in [1.54, 1.807) is 12.3 Å². The van der Waals surface area contributed by atoms with E-state index >= 15 is 0 Å². The lowest BCUT2D eigenvalue weighted by Gasteiger charge is -2.19. The molecule has 22 heavy (non-hydrogen) atoms. The van der Waals surface area contributed by atoms with Crippen LogP contribution < -0.4 is 9.62 Å². The molecule has 0 aliphatic carbocycles. The van der Waals surface area contributed by atoms with E-state index in [4.69, 9.17) is 0 Å². The number of nitrogens with one attached hydrogen (secondary N) is 1. The second-order valence-electron chi connectivity index (χ2n) is 5.07. The van der Waals surface area contributed by atoms with Crippen molar-refractivity contribution < 1.29 is 8.42 Å². The molecule has 0 radical (unpaired) electrons. The van der Waals surface area contributed by atoms with Crippen molar-refractivity contribution in [1.82, 2.24) is 4.98 Å². The predicted octanol–water partition coefficient (Wildman–Crippen LogP) is 3.39. The first kappa shape index (κ1) is 16.3. The predicted molar refractivity (Wildman–Crippen MR) is 91.1 cm³/mol. The van der Waals surface area contributed by atoms with Gasteiger partial charge in [0.1, 0.15) is 5.82 Å². The Balaban J connectivity index is 2.07. The van der Waals surface area contributed by atoms with Gasteiger partial charge in [-0.1, -0.05) is 31.5 Å². The summed E-state index contributed by atoms with van der Waals surface area (Å²) < 4.78 is 26.2. The quantitative estimate of drug-likeness (QED) is 0.849. The first-order chi connectivity index (χ1) is 10.5. The van der Waals surface area contributed by atoms with Crippen LogP contribution >= 0.6 is 0 Å². The monoisotopic (exact) mass is 319 g/mol. The number of sulfonamides is 1. The van der Waals surface area contributed by atoms with Gasteiger partial charge in [-0.05, 0) is 30.7 Å². The highest BCUT2D eigenvalue weighted by Gasteiger charge is 2.11. The van der Waals surface area contributed by atoms with Crippen molar-refractivity contribution >= 4 is 27.2 Å². The molecule has 0 atom stereocenters. The standard InChI is InChI=1S/C16H21N3O2S/c1-3-4-12-22(20,21)18-16-11-10-15(13-17-16)19(2)14-8-6-5-7-9-14/h5-11,13H,3-4,12H2,1-2H3,(H,17,18). The Labute approximate surface area is 132 Å². The smallest absolute Gasteiger partial charge is 0.233 e. The van der Waals surface area contributed by atoms with E-state index in [9.17, 15) is 8.42 Å². The SMILES string of the molecule is CCCCS(=O)(=O)Nc1ccc(N(C)c2ccccc2)cn1. The lowest BCUT2D eigenvalue weighted by Crippen LogP contribution is -2.17. The number of nitrogens with zero attached hydrogens (tertiary/aromatic N) is 2. The average Bonchev–Trinajstić information content (AvgIpc) is 2.53. The third kappa shape index (κ3) is 4.46. The number of benzene rings is 1. The lowest BCUT2D eigenvalue weighted by atomic mass is 10.3. The molecule has 0 bridgehead atoms. The van der Waals surface area contributed by atoms with Crippen LogP contribution in [0.3, 0.4) is 0 Å². The average molecular weight is 319 g/mol. The number of aromatic nitrogens is 1. The number of para-hydroxylation sites is 1. The Bertz CT molecular complexity index is 685. The summed E-state index contributed by atoms with van der Waals surface area (Å²) in [6.07, 6.45) is 3.14. The number of unbranched alkanes of at least 4 members (excludes halogenated alkanes) is 1. The molecule has 0 aliphatic rings. The number of hydrogen-bond acceptors (Lipinski definition) is 4. The molecule has 2 rings (SSSR count). The van der Waals surface area contributed by atoms with Gasteiger partial charge < -0.3 is 4.90 Å². The maximum atomic E-state index is 11.8. The van der Waals surface area contributed by atoms with Gasteiger partial charge >= 0.3 is 0 Å². The van der Waals surface area contributed by atoms with Crippen molar-refractivity contribution in [2.24, 2.45) is 0 Å². The Morgan fingerprint density at radius 3 is 2.41 bits per heavy atom. The molecule has 0 saturated carbocycles. The molecule has 118 valence electrons. The van der Waals surface area contributed by atoms with Crippen LogP contribution in [-0.4, -0.2) is 26.2 Å². The minimum Gasteiger partial charge on any atom is -0.343 e. The number of hydrogen-bond donors (Lipinski definition) is 1. The Morgan fingerprint density at radius 2 is 1.82 bits per heavy atom. The van der Waals surface area contributed by atoms with Crippen molar-refractivity contribution in [3.8, 4) is 0 Å². The summed E-state index contributed by atoms with van der Waals surface area (Å²) in [6.45, 7) is 1.96. The van der Waals surface area contributed by atoms with E-state index in [0.717, 1.165) is 17.8 Å². The molecule has 0 amide bonds. The maximum Gasteiger partial charge on any atom is 0.233 e. The zero-order valence-electron chi connectivity index (χ0n) is 12.9. The number of anilines is 3. The first-order valence-electron chi connectivity index (χ1n) is 7.27. The van der Waals surface area contributed by atoms with Crippen LogP contribution in [0, 0.1) is 0 Å². The summed E-state index contributed by atoms with van der Waals surface area (Å²) >= 11 is 0. The van der Waals surface area contributed by atoms with Crippen molar-refractivity contribution in [3.05, 3.63) is 48.7 Å². The molecule has 1 aromatic carbocycles. The fraction of sp³-hybridized carbons (Fsp3) is 0.312. The second kappa shape index (κ2) is 7.26. The highest BCUT2D eigenvalue weighted by Crippen LogP contribution is 2.23. The molecule has 0 saturated heterocycles. The van der Waals surface area contributed by atoms with Gasteiger partial charge in [0, 0.05) is 12.7 Å². The van der Waals surface area contributed by atoms with Crippen molar-refractivity contribution in [3.63, 3.8) is 0 Å². The minimum absolute atomic E-state index is 0.122. The van der Waals surface area contributed by atoms with E-state index < -0.39 is 10.0 Å². The molecule has 5 nitrogen and oxygen atoms in total. The highest BCUT2D eigenvalue weighted by molar-refractivity contribution is 7.92. The van der Waals surface area contributed by atoms with Gasteiger partial charge in [0.15, 0.2) is 0 Å². The van der Waals surface area contributed by atoms with Gasteiger partial charge in [-0.15, -0.1) is 0 Å². The van der Waals surface area contributed by atoms with Gasteiger partial charge in [0.25, 0.3) is 0 Å². The van der Waals surface area contributed by atoms with Crippen LogP contribution in [0.1, 0.15) is 19.8 Å². The summed E-state index contributed by atoms with van der Waals surface area (Å²) in [6, 6.07) is 13.4. The largest absolute Gasteiger partial charge is 0.343 e. The third-order valence-electron chi connectivity index (χ3n) is 3.31. The number of rotatable bonds is 7. The summed E-state index contributed by atoms with van der Waals surface area (Å²) in [4.78, 5) is 6.18. The van der Waals surface area contributed by atoms with Crippen molar-refractivity contribution in [2.75, 3.05) is 22.4 Å². The van der Waals surface area contributed by atoms with Crippen molar-refractivity contribution in [2.45, 2.75) is 19.8 Å². The molecule has 6 heteroatoms. The zero-order valence-corrected chi connectivity index (χ0v) is 13.7. The maximum absolute atomic E-state index is 11.8. The molecule has 0 aliphatic heterocycles. The van der Waals surface area contributed by atoms with E-state index in [2.05, 4.69) is 9.71 Å². The second-order valence-corrected chi connectivity index (χ2v) is 6.91. The molecule has 0 fully saturated rings. The van der Waals surface area contributed by atoms with Crippen LogP contribution in [0.15, 0.2) is 48.7 Å². The van der Waals surface area contributed by atoms with Crippen LogP contribution in [0.25, 0.3) is 0 Å². The topological polar surface area (TPSA) is 62.3 Å². The zero-order chi connectivity index (χ0) is 16.0. The third-order valence-corrected chi connectivity index (χ3v) is 4.65. The molecule has 2 aromatic rings. The number of pyridine rings is 1. The first-order valence-corrected chi connectivity index (χ1v) is 8.92. The van der Waals surface area contributed by atoms with Crippen LogP contribution in [0.5, 0.6) is 0 Å². The molecule has 1 heterocycles. The summed E-state index contributed by atoms with van der Waals surface area (Å²) in [7, 11) is -1.37. The van der Waals surface area contributed by atoms with E-state index in [0.29, 0.717) is 12.2 Å². The Morgan fingerprint density at radius 1 is 1.09 bits per heavy atom. The summed E-state index contributed by atoms with van der Waals surface area (Å²) in [5, 5.41) is 0. The van der Waals surface area contributed by atoms with E-state index in [1.807, 2.05) is 55.3 Å². The Kier molecular flexibility index (Phi) is 5.38. The van der Waals surface area contributed by atoms with Crippen LogP contribution in [0.2, 0.25) is 0 Å². The molecular formula is C16H21N3O2S. The normalized spacial score (nSPS) is 11.2. The lowest BCUT2D eigenvalue weighted by molar-refractivity contribution is 0.597. The summed E-state index contributed by atoms with van der Waals surface area (Å²) in [5.41, 5.74) is 1.93. The summed E-state index contributed by atoms with van der Waals surface area (Å²) in [5.74, 6) is 0.470.